The number of carbonyl (C=O) groups is 1. The van der Waals surface area contributed by atoms with Gasteiger partial charge in [-0.3, -0.25) is 4.79 Å². The van der Waals surface area contributed by atoms with E-state index in [9.17, 15) is 4.79 Å². The third kappa shape index (κ3) is 4.88. The second-order valence-electron chi connectivity index (χ2n) is 4.90. The maximum absolute atomic E-state index is 12.0. The molecular weight excluding hydrogens is 382 g/mol. The number of carbonyl (C=O) groups excluding carboxylic acids is 1. The molecule has 1 amide bonds. The topological polar surface area (TPSA) is 47.6 Å². The van der Waals surface area contributed by atoms with E-state index in [1.54, 1.807) is 31.4 Å². The predicted octanol–water partition coefficient (Wildman–Crippen LogP) is 4.37. The van der Waals surface area contributed by atoms with E-state index in [2.05, 4.69) is 21.2 Å². The van der Waals surface area contributed by atoms with E-state index < -0.39 is 0 Å². The van der Waals surface area contributed by atoms with Crippen molar-refractivity contribution >= 4 is 33.4 Å². The van der Waals surface area contributed by atoms with Crippen LogP contribution < -0.4 is 14.8 Å². The Kier molecular flexibility index (Phi) is 6.30. The van der Waals surface area contributed by atoms with E-state index in [-0.39, 0.29) is 18.6 Å². The molecule has 0 radical (unpaired) electrons. The number of rotatable bonds is 6. The van der Waals surface area contributed by atoms with E-state index in [1.807, 2.05) is 25.1 Å². The molecule has 23 heavy (non-hydrogen) atoms. The number of ether oxygens (including phenoxy) is 2. The van der Waals surface area contributed by atoms with Crippen LogP contribution in [0.5, 0.6) is 11.5 Å². The van der Waals surface area contributed by atoms with Crippen molar-refractivity contribution in [1.29, 1.82) is 0 Å². The average molecular weight is 399 g/mol. The van der Waals surface area contributed by atoms with E-state index in [0.29, 0.717) is 10.8 Å². The fourth-order valence-corrected chi connectivity index (χ4v) is 2.77. The smallest absolute Gasteiger partial charge is 0.258 e. The zero-order valence-corrected chi connectivity index (χ0v) is 15.1. The number of hydrogen-bond donors (Lipinski definition) is 1. The number of para-hydroxylation sites is 1. The Bertz CT molecular complexity index is 693. The highest BCUT2D eigenvalue weighted by atomic mass is 79.9. The molecule has 0 aliphatic heterocycles. The van der Waals surface area contributed by atoms with Crippen LogP contribution in [0.3, 0.4) is 0 Å². The number of halogens is 2. The Hall–Kier alpha value is -1.72. The van der Waals surface area contributed by atoms with Crippen molar-refractivity contribution in [2.45, 2.75) is 13.0 Å². The van der Waals surface area contributed by atoms with Gasteiger partial charge in [0, 0.05) is 0 Å². The molecule has 0 spiro atoms. The first-order valence-corrected chi connectivity index (χ1v) is 8.18. The molecule has 0 fully saturated rings. The van der Waals surface area contributed by atoms with E-state index in [4.69, 9.17) is 21.1 Å². The van der Waals surface area contributed by atoms with Gasteiger partial charge in [0.05, 0.1) is 22.6 Å². The summed E-state index contributed by atoms with van der Waals surface area (Å²) in [5.74, 6) is 1.02. The fraction of sp³-hybridized carbons (Fsp3) is 0.235. The fourth-order valence-electron chi connectivity index (χ4n) is 2.02. The van der Waals surface area contributed by atoms with Gasteiger partial charge in [-0.05, 0) is 52.7 Å². The van der Waals surface area contributed by atoms with E-state index >= 15 is 0 Å². The average Bonchev–Trinajstić information content (AvgIpc) is 2.54. The molecule has 2 aromatic carbocycles. The number of methoxy groups -OCH3 is 1. The van der Waals surface area contributed by atoms with Crippen molar-refractivity contribution in [2.75, 3.05) is 13.7 Å². The van der Waals surface area contributed by atoms with E-state index in [0.717, 1.165) is 15.8 Å². The zero-order valence-electron chi connectivity index (χ0n) is 12.8. The van der Waals surface area contributed by atoms with Gasteiger partial charge in [0.25, 0.3) is 5.91 Å². The normalized spacial score (nSPS) is 11.7. The molecule has 0 heterocycles. The molecule has 4 nitrogen and oxygen atoms in total. The summed E-state index contributed by atoms with van der Waals surface area (Å²) in [5, 5.41) is 3.36. The summed E-state index contributed by atoms with van der Waals surface area (Å²) < 4.78 is 11.5. The summed E-state index contributed by atoms with van der Waals surface area (Å²) in [5.41, 5.74) is 0.962. The van der Waals surface area contributed by atoms with Crippen LogP contribution in [0.2, 0.25) is 5.02 Å². The van der Waals surface area contributed by atoms with Crippen molar-refractivity contribution in [3.8, 4) is 11.5 Å². The van der Waals surface area contributed by atoms with Crippen LogP contribution in [0.4, 0.5) is 0 Å². The van der Waals surface area contributed by atoms with E-state index in [1.165, 1.54) is 0 Å². The highest BCUT2D eigenvalue weighted by molar-refractivity contribution is 9.10. The SMILES string of the molecule is COc1ccc([C@@H](C)NC(=O)COc2ccccc2Cl)cc1Br. The van der Waals surface area contributed by atoms with Gasteiger partial charge >= 0.3 is 0 Å². The Morgan fingerprint density at radius 1 is 1.26 bits per heavy atom. The Labute approximate surface area is 148 Å². The van der Waals surface area contributed by atoms with Crippen LogP contribution in [-0.2, 0) is 4.79 Å². The Morgan fingerprint density at radius 2 is 2.00 bits per heavy atom. The minimum absolute atomic E-state index is 0.0919. The summed E-state index contributed by atoms with van der Waals surface area (Å²) in [6, 6.07) is 12.6. The van der Waals surface area contributed by atoms with Crippen LogP contribution in [0.15, 0.2) is 46.9 Å². The van der Waals surface area contributed by atoms with Gasteiger partial charge in [-0.1, -0.05) is 29.8 Å². The molecule has 122 valence electrons. The molecule has 0 saturated carbocycles. The van der Waals surface area contributed by atoms with Crippen LogP contribution in [0.25, 0.3) is 0 Å². The molecule has 1 atom stereocenters. The lowest BCUT2D eigenvalue weighted by molar-refractivity contribution is -0.123. The molecule has 1 N–H and O–H groups in total. The van der Waals surface area contributed by atoms with Crippen molar-refractivity contribution < 1.29 is 14.3 Å². The lowest BCUT2D eigenvalue weighted by Crippen LogP contribution is -2.31. The minimum Gasteiger partial charge on any atom is -0.496 e. The summed E-state index contributed by atoms with van der Waals surface area (Å²) in [6.07, 6.45) is 0. The Morgan fingerprint density at radius 3 is 2.65 bits per heavy atom. The molecule has 2 aromatic rings. The molecule has 0 saturated heterocycles. The third-order valence-electron chi connectivity index (χ3n) is 3.25. The molecule has 2 rings (SSSR count). The number of nitrogens with one attached hydrogen (secondary N) is 1. The molecule has 6 heteroatoms. The lowest BCUT2D eigenvalue weighted by atomic mass is 10.1. The van der Waals surface area contributed by atoms with Gasteiger partial charge in [-0.2, -0.15) is 0 Å². The maximum Gasteiger partial charge on any atom is 0.258 e. The highest BCUT2D eigenvalue weighted by Gasteiger charge is 2.12. The van der Waals surface area contributed by atoms with Crippen LogP contribution >= 0.6 is 27.5 Å². The molecule has 0 aliphatic rings. The highest BCUT2D eigenvalue weighted by Crippen LogP contribution is 2.28. The van der Waals surface area contributed by atoms with Crippen LogP contribution in [-0.4, -0.2) is 19.6 Å². The van der Waals surface area contributed by atoms with Gasteiger partial charge in [-0.15, -0.1) is 0 Å². The standard InChI is InChI=1S/C17H17BrClNO3/c1-11(12-7-8-15(22-2)13(18)9-12)20-17(21)10-23-16-6-4-3-5-14(16)19/h3-9,11H,10H2,1-2H3,(H,20,21)/t11-/m1/s1. The van der Waals surface area contributed by atoms with Crippen LogP contribution in [0, 0.1) is 0 Å². The van der Waals surface area contributed by atoms with Crippen molar-refractivity contribution in [3.05, 3.63) is 57.5 Å². The first-order chi connectivity index (χ1) is 11.0. The summed E-state index contributed by atoms with van der Waals surface area (Å²) in [7, 11) is 1.61. The lowest BCUT2D eigenvalue weighted by Gasteiger charge is -2.16. The minimum atomic E-state index is -0.218. The molecule has 0 bridgehead atoms. The van der Waals surface area contributed by atoms with Gasteiger partial charge in [0.1, 0.15) is 11.5 Å². The maximum atomic E-state index is 12.0. The van der Waals surface area contributed by atoms with Crippen molar-refractivity contribution in [2.24, 2.45) is 0 Å². The second-order valence-corrected chi connectivity index (χ2v) is 6.16. The number of hydrogen-bond acceptors (Lipinski definition) is 3. The van der Waals surface area contributed by atoms with Crippen molar-refractivity contribution in [3.63, 3.8) is 0 Å². The predicted molar refractivity (Wildman–Crippen MR) is 94.2 cm³/mol. The van der Waals surface area contributed by atoms with Crippen molar-refractivity contribution in [1.82, 2.24) is 5.32 Å². The monoisotopic (exact) mass is 397 g/mol. The summed E-state index contributed by atoms with van der Waals surface area (Å²) >= 11 is 9.42. The second kappa shape index (κ2) is 8.22. The van der Waals surface area contributed by atoms with Gasteiger partial charge in [0.15, 0.2) is 6.61 Å². The Balaban J connectivity index is 1.92. The third-order valence-corrected chi connectivity index (χ3v) is 4.18. The zero-order chi connectivity index (χ0) is 16.8. The number of benzene rings is 2. The molecule has 0 aromatic heterocycles. The molecular formula is C17H17BrClNO3. The molecule has 0 unspecified atom stereocenters. The van der Waals surface area contributed by atoms with Crippen LogP contribution in [0.1, 0.15) is 18.5 Å². The molecule has 0 aliphatic carbocycles. The summed E-state index contributed by atoms with van der Waals surface area (Å²) in [6.45, 7) is 1.81. The largest absolute Gasteiger partial charge is 0.496 e. The quantitative estimate of drug-likeness (QED) is 0.786. The number of amides is 1. The first kappa shape index (κ1) is 17.6. The summed E-state index contributed by atoms with van der Waals surface area (Å²) in [4.78, 5) is 12.0. The van der Waals surface area contributed by atoms with Gasteiger partial charge < -0.3 is 14.8 Å². The van der Waals surface area contributed by atoms with Gasteiger partial charge in [0.2, 0.25) is 0 Å². The first-order valence-electron chi connectivity index (χ1n) is 7.01. The van der Waals surface area contributed by atoms with Gasteiger partial charge in [-0.25, -0.2) is 0 Å².